The zero-order valence-corrected chi connectivity index (χ0v) is 13.4. The number of methoxy groups -OCH3 is 1. The lowest BCUT2D eigenvalue weighted by Crippen LogP contribution is -2.44. The second-order valence-corrected chi connectivity index (χ2v) is 6.28. The van der Waals surface area contributed by atoms with E-state index in [2.05, 4.69) is 21.2 Å². The van der Waals surface area contributed by atoms with Gasteiger partial charge in [-0.2, -0.15) is 0 Å². The first-order chi connectivity index (χ1) is 9.46. The van der Waals surface area contributed by atoms with Gasteiger partial charge in [0.05, 0.1) is 18.3 Å². The second-order valence-electron chi connectivity index (χ2n) is 5.43. The van der Waals surface area contributed by atoms with Crippen molar-refractivity contribution in [3.05, 3.63) is 28.2 Å². The van der Waals surface area contributed by atoms with E-state index in [9.17, 15) is 9.90 Å². The molecule has 2 N–H and O–H groups in total. The number of benzene rings is 1. The molecule has 0 radical (unpaired) electrons. The van der Waals surface area contributed by atoms with Crippen molar-refractivity contribution in [2.75, 3.05) is 13.7 Å². The molecule has 2 atom stereocenters. The van der Waals surface area contributed by atoms with Crippen molar-refractivity contribution < 1.29 is 14.6 Å². The molecule has 0 unspecified atom stereocenters. The third kappa shape index (κ3) is 3.15. The summed E-state index contributed by atoms with van der Waals surface area (Å²) >= 11 is 3.36. The summed E-state index contributed by atoms with van der Waals surface area (Å²) in [5.74, 6) is 0.645. The molecule has 5 heteroatoms. The fraction of sp³-hybridized carbons (Fsp3) is 0.533. The van der Waals surface area contributed by atoms with Crippen molar-refractivity contribution in [2.24, 2.45) is 5.92 Å². The predicted molar refractivity (Wildman–Crippen MR) is 81.0 cm³/mol. The summed E-state index contributed by atoms with van der Waals surface area (Å²) in [6.45, 7) is 2.32. The summed E-state index contributed by atoms with van der Waals surface area (Å²) in [5.41, 5.74) is -0.264. The summed E-state index contributed by atoms with van der Waals surface area (Å²) < 4.78 is 5.84. The van der Waals surface area contributed by atoms with Crippen LogP contribution in [0.15, 0.2) is 22.7 Å². The minimum atomic E-state index is -0.777. The van der Waals surface area contributed by atoms with E-state index in [1.165, 1.54) is 0 Å². The highest BCUT2D eigenvalue weighted by atomic mass is 79.9. The Bertz CT molecular complexity index is 506. The fourth-order valence-electron chi connectivity index (χ4n) is 2.63. The number of hydrogen-bond acceptors (Lipinski definition) is 3. The topological polar surface area (TPSA) is 58.6 Å². The van der Waals surface area contributed by atoms with Gasteiger partial charge in [0.2, 0.25) is 0 Å². The zero-order valence-electron chi connectivity index (χ0n) is 11.8. The van der Waals surface area contributed by atoms with Gasteiger partial charge in [-0.25, -0.2) is 0 Å². The summed E-state index contributed by atoms with van der Waals surface area (Å²) in [6.07, 6.45) is 2.76. The standard InChI is InChI=1S/C15H20BrNO3/c1-10-4-3-7-15(10,19)9-17-14(18)12-8-11(20-2)5-6-13(12)16/h5-6,8,10,19H,3-4,7,9H2,1-2H3,(H,17,18)/t10-,15-/m0/s1. The molecule has 1 aliphatic carbocycles. The maximum Gasteiger partial charge on any atom is 0.252 e. The average molecular weight is 342 g/mol. The van der Waals surface area contributed by atoms with Gasteiger partial charge >= 0.3 is 0 Å². The molecule has 0 aromatic heterocycles. The Kier molecular flexibility index (Phi) is 4.70. The molecular weight excluding hydrogens is 322 g/mol. The monoisotopic (exact) mass is 341 g/mol. The highest BCUT2D eigenvalue weighted by Gasteiger charge is 2.38. The minimum Gasteiger partial charge on any atom is -0.497 e. The first-order valence-corrected chi connectivity index (χ1v) is 7.60. The number of aliphatic hydroxyl groups is 1. The molecule has 1 aliphatic rings. The van der Waals surface area contributed by atoms with Crippen LogP contribution in [-0.2, 0) is 0 Å². The Morgan fingerprint density at radius 3 is 2.95 bits per heavy atom. The maximum absolute atomic E-state index is 12.2. The van der Waals surface area contributed by atoms with Crippen LogP contribution < -0.4 is 10.1 Å². The summed E-state index contributed by atoms with van der Waals surface area (Å²) in [7, 11) is 1.56. The molecule has 0 saturated heterocycles. The number of amides is 1. The van der Waals surface area contributed by atoms with E-state index in [0.29, 0.717) is 15.8 Å². The molecule has 1 aromatic rings. The van der Waals surface area contributed by atoms with E-state index in [1.807, 2.05) is 6.92 Å². The van der Waals surface area contributed by atoms with Crippen LogP contribution in [-0.4, -0.2) is 30.3 Å². The van der Waals surface area contributed by atoms with Gasteiger partial charge in [-0.1, -0.05) is 13.3 Å². The van der Waals surface area contributed by atoms with Crippen molar-refractivity contribution in [1.29, 1.82) is 0 Å². The minimum absolute atomic E-state index is 0.205. The number of ether oxygens (including phenoxy) is 1. The smallest absolute Gasteiger partial charge is 0.252 e. The lowest BCUT2D eigenvalue weighted by Gasteiger charge is -2.28. The molecule has 0 heterocycles. The fourth-order valence-corrected chi connectivity index (χ4v) is 3.05. The van der Waals surface area contributed by atoms with Crippen LogP contribution in [0.3, 0.4) is 0 Å². The van der Waals surface area contributed by atoms with E-state index < -0.39 is 5.60 Å². The highest BCUT2D eigenvalue weighted by molar-refractivity contribution is 9.10. The summed E-state index contributed by atoms with van der Waals surface area (Å²) in [6, 6.07) is 5.25. The normalized spacial score (nSPS) is 25.5. The zero-order chi connectivity index (χ0) is 14.8. The van der Waals surface area contributed by atoms with E-state index >= 15 is 0 Å². The third-order valence-electron chi connectivity index (χ3n) is 4.14. The molecule has 1 saturated carbocycles. The largest absolute Gasteiger partial charge is 0.497 e. The third-order valence-corrected chi connectivity index (χ3v) is 4.83. The molecule has 2 rings (SSSR count). The Morgan fingerprint density at radius 2 is 2.35 bits per heavy atom. The van der Waals surface area contributed by atoms with Crippen LogP contribution in [0.25, 0.3) is 0 Å². The van der Waals surface area contributed by atoms with Crippen molar-refractivity contribution in [3.8, 4) is 5.75 Å². The van der Waals surface area contributed by atoms with Crippen LogP contribution in [0.1, 0.15) is 36.5 Å². The molecule has 1 fully saturated rings. The van der Waals surface area contributed by atoms with Crippen LogP contribution in [0.4, 0.5) is 0 Å². The maximum atomic E-state index is 12.2. The number of carbonyl (C=O) groups is 1. The molecule has 110 valence electrons. The van der Waals surface area contributed by atoms with E-state index in [0.717, 1.165) is 19.3 Å². The van der Waals surface area contributed by atoms with Crippen molar-refractivity contribution in [2.45, 2.75) is 31.8 Å². The predicted octanol–water partition coefficient (Wildman–Crippen LogP) is 2.74. The van der Waals surface area contributed by atoms with Gasteiger partial charge in [0.1, 0.15) is 5.75 Å². The Hall–Kier alpha value is -1.07. The quantitative estimate of drug-likeness (QED) is 0.885. The van der Waals surface area contributed by atoms with E-state index in [-0.39, 0.29) is 18.4 Å². The molecule has 0 bridgehead atoms. The van der Waals surface area contributed by atoms with Crippen LogP contribution in [0, 0.1) is 5.92 Å². The first kappa shape index (κ1) is 15.3. The van der Waals surface area contributed by atoms with Gasteiger partial charge in [0.15, 0.2) is 0 Å². The van der Waals surface area contributed by atoms with E-state index in [1.54, 1.807) is 25.3 Å². The van der Waals surface area contributed by atoms with Crippen LogP contribution in [0.2, 0.25) is 0 Å². The number of rotatable bonds is 4. The van der Waals surface area contributed by atoms with Gasteiger partial charge in [-0.05, 0) is 52.9 Å². The SMILES string of the molecule is COc1ccc(Br)c(C(=O)NC[C@@]2(O)CCC[C@@H]2C)c1. The molecule has 1 aromatic carbocycles. The lowest BCUT2D eigenvalue weighted by molar-refractivity contribution is 0.0101. The highest BCUT2D eigenvalue weighted by Crippen LogP contribution is 2.34. The van der Waals surface area contributed by atoms with Gasteiger partial charge in [0, 0.05) is 11.0 Å². The Balaban J connectivity index is 2.05. The van der Waals surface area contributed by atoms with Gasteiger partial charge < -0.3 is 15.2 Å². The molecule has 20 heavy (non-hydrogen) atoms. The molecule has 0 aliphatic heterocycles. The average Bonchev–Trinajstić information content (AvgIpc) is 2.77. The molecular formula is C15H20BrNO3. The van der Waals surface area contributed by atoms with E-state index in [4.69, 9.17) is 4.74 Å². The van der Waals surface area contributed by atoms with Crippen molar-refractivity contribution in [1.82, 2.24) is 5.32 Å². The summed E-state index contributed by atoms with van der Waals surface area (Å²) in [4.78, 5) is 12.2. The van der Waals surface area contributed by atoms with Crippen LogP contribution in [0.5, 0.6) is 5.75 Å². The van der Waals surface area contributed by atoms with Crippen molar-refractivity contribution >= 4 is 21.8 Å². The van der Waals surface area contributed by atoms with Crippen molar-refractivity contribution in [3.63, 3.8) is 0 Å². The lowest BCUT2D eigenvalue weighted by atomic mass is 9.92. The second kappa shape index (κ2) is 6.14. The molecule has 4 nitrogen and oxygen atoms in total. The number of halogens is 1. The molecule has 1 amide bonds. The number of carbonyl (C=O) groups excluding carboxylic acids is 1. The van der Waals surface area contributed by atoms with Gasteiger partial charge in [0.25, 0.3) is 5.91 Å². The van der Waals surface area contributed by atoms with Gasteiger partial charge in [-0.3, -0.25) is 4.79 Å². The number of nitrogens with one attached hydrogen (secondary N) is 1. The first-order valence-electron chi connectivity index (χ1n) is 6.80. The number of hydrogen-bond donors (Lipinski definition) is 2. The summed E-state index contributed by atoms with van der Waals surface area (Å²) in [5, 5.41) is 13.3. The van der Waals surface area contributed by atoms with Crippen LogP contribution >= 0.6 is 15.9 Å². The molecule has 0 spiro atoms. The Labute approximate surface area is 127 Å². The Morgan fingerprint density at radius 1 is 1.60 bits per heavy atom. The van der Waals surface area contributed by atoms with Gasteiger partial charge in [-0.15, -0.1) is 0 Å².